The maximum atomic E-state index is 12.7. The van der Waals surface area contributed by atoms with Gasteiger partial charge < -0.3 is 11.1 Å². The highest BCUT2D eigenvalue weighted by atomic mass is 32.2. The standard InChI is InChI=1S/C20H25N3O3S/c1-2-16-8-10-17(11-9-16)22-19(24)20(21)12-14-23(15-13-20)27(25,26)18-6-4-3-5-7-18/h3-11H,2,12-15,21H2,1H3,(H,22,24). The second-order valence-corrected chi connectivity index (χ2v) is 8.82. The molecule has 0 unspecified atom stereocenters. The topological polar surface area (TPSA) is 92.5 Å². The number of piperidine rings is 1. The number of hydrogen-bond acceptors (Lipinski definition) is 4. The van der Waals surface area contributed by atoms with Crippen LogP contribution in [-0.2, 0) is 21.2 Å². The zero-order chi connectivity index (χ0) is 19.5. The first-order chi connectivity index (χ1) is 12.8. The lowest BCUT2D eigenvalue weighted by Gasteiger charge is -2.37. The Morgan fingerprint density at radius 2 is 1.67 bits per heavy atom. The van der Waals surface area contributed by atoms with Crippen molar-refractivity contribution in [2.45, 2.75) is 36.6 Å². The first-order valence-corrected chi connectivity index (χ1v) is 10.5. The van der Waals surface area contributed by atoms with E-state index in [9.17, 15) is 13.2 Å². The highest BCUT2D eigenvalue weighted by Gasteiger charge is 2.40. The van der Waals surface area contributed by atoms with E-state index in [4.69, 9.17) is 5.73 Å². The molecule has 2 aromatic carbocycles. The van der Waals surface area contributed by atoms with Crippen LogP contribution in [0.2, 0.25) is 0 Å². The monoisotopic (exact) mass is 387 g/mol. The van der Waals surface area contributed by atoms with E-state index in [0.29, 0.717) is 5.69 Å². The second-order valence-electron chi connectivity index (χ2n) is 6.88. The van der Waals surface area contributed by atoms with E-state index < -0.39 is 15.6 Å². The van der Waals surface area contributed by atoms with Crippen molar-refractivity contribution in [1.82, 2.24) is 4.31 Å². The quantitative estimate of drug-likeness (QED) is 0.824. The molecule has 0 bridgehead atoms. The fourth-order valence-electron chi connectivity index (χ4n) is 3.17. The Morgan fingerprint density at radius 1 is 1.07 bits per heavy atom. The van der Waals surface area contributed by atoms with Gasteiger partial charge in [0.1, 0.15) is 0 Å². The molecule has 1 heterocycles. The fourth-order valence-corrected chi connectivity index (χ4v) is 4.64. The number of carbonyl (C=O) groups excluding carboxylic acids is 1. The Hall–Kier alpha value is -2.22. The van der Waals surface area contributed by atoms with Gasteiger partial charge in [0.05, 0.1) is 10.4 Å². The summed E-state index contributed by atoms with van der Waals surface area (Å²) < 4.78 is 26.8. The van der Waals surface area contributed by atoms with Crippen LogP contribution in [0.5, 0.6) is 0 Å². The highest BCUT2D eigenvalue weighted by molar-refractivity contribution is 7.89. The smallest absolute Gasteiger partial charge is 0.244 e. The SMILES string of the molecule is CCc1ccc(NC(=O)C2(N)CCN(S(=O)(=O)c3ccccc3)CC2)cc1. The number of anilines is 1. The molecule has 2 aromatic rings. The number of amides is 1. The minimum absolute atomic E-state index is 0.218. The van der Waals surface area contributed by atoms with Crippen molar-refractivity contribution in [2.24, 2.45) is 5.73 Å². The minimum atomic E-state index is -3.56. The van der Waals surface area contributed by atoms with Crippen molar-refractivity contribution in [2.75, 3.05) is 18.4 Å². The van der Waals surface area contributed by atoms with Crippen molar-refractivity contribution < 1.29 is 13.2 Å². The van der Waals surface area contributed by atoms with E-state index in [1.165, 1.54) is 9.87 Å². The third-order valence-electron chi connectivity index (χ3n) is 5.07. The molecule has 144 valence electrons. The third-order valence-corrected chi connectivity index (χ3v) is 6.98. The normalized spacial score (nSPS) is 17.4. The van der Waals surface area contributed by atoms with Crippen molar-refractivity contribution in [3.63, 3.8) is 0 Å². The van der Waals surface area contributed by atoms with Crippen molar-refractivity contribution in [3.05, 3.63) is 60.2 Å². The first-order valence-electron chi connectivity index (χ1n) is 9.10. The van der Waals surface area contributed by atoms with Crippen LogP contribution in [0.4, 0.5) is 5.69 Å². The van der Waals surface area contributed by atoms with E-state index in [1.54, 1.807) is 30.3 Å². The number of benzene rings is 2. The lowest BCUT2D eigenvalue weighted by Crippen LogP contribution is -2.58. The summed E-state index contributed by atoms with van der Waals surface area (Å²) in [6.07, 6.45) is 1.48. The molecule has 1 aliphatic rings. The molecule has 0 aliphatic carbocycles. The van der Waals surface area contributed by atoms with E-state index in [0.717, 1.165) is 6.42 Å². The molecule has 27 heavy (non-hydrogen) atoms. The molecule has 0 atom stereocenters. The van der Waals surface area contributed by atoms with Gasteiger partial charge in [-0.25, -0.2) is 8.42 Å². The lowest BCUT2D eigenvalue weighted by atomic mass is 9.88. The van der Waals surface area contributed by atoms with E-state index in [2.05, 4.69) is 12.2 Å². The Kier molecular flexibility index (Phi) is 5.64. The van der Waals surface area contributed by atoms with Gasteiger partial charge in [-0.15, -0.1) is 0 Å². The van der Waals surface area contributed by atoms with Crippen LogP contribution in [0.15, 0.2) is 59.5 Å². The van der Waals surface area contributed by atoms with Gasteiger partial charge in [-0.05, 0) is 49.1 Å². The average molecular weight is 388 g/mol. The predicted octanol–water partition coefficient (Wildman–Crippen LogP) is 2.37. The molecule has 0 radical (unpaired) electrons. The predicted molar refractivity (Wildman–Crippen MR) is 106 cm³/mol. The van der Waals surface area contributed by atoms with Crippen LogP contribution in [-0.4, -0.2) is 37.3 Å². The summed E-state index contributed by atoms with van der Waals surface area (Å²) >= 11 is 0. The summed E-state index contributed by atoms with van der Waals surface area (Å²) in [5.74, 6) is -0.275. The molecule has 1 fully saturated rings. The summed E-state index contributed by atoms with van der Waals surface area (Å²) in [4.78, 5) is 12.9. The van der Waals surface area contributed by atoms with Crippen LogP contribution < -0.4 is 11.1 Å². The van der Waals surface area contributed by atoms with Crippen molar-refractivity contribution in [3.8, 4) is 0 Å². The number of nitrogens with one attached hydrogen (secondary N) is 1. The molecule has 0 spiro atoms. The van der Waals surface area contributed by atoms with Crippen molar-refractivity contribution >= 4 is 21.6 Å². The summed E-state index contributed by atoms with van der Waals surface area (Å²) in [6.45, 7) is 2.51. The van der Waals surface area contributed by atoms with Gasteiger partial charge in [-0.1, -0.05) is 37.3 Å². The summed E-state index contributed by atoms with van der Waals surface area (Å²) in [5.41, 5.74) is 7.13. The maximum Gasteiger partial charge on any atom is 0.244 e. The summed E-state index contributed by atoms with van der Waals surface area (Å²) in [6, 6.07) is 16.0. The first kappa shape index (κ1) is 19.5. The van der Waals surface area contributed by atoms with Crippen LogP contribution in [0.25, 0.3) is 0 Å². The third kappa shape index (κ3) is 4.21. The Labute approximate surface area is 160 Å². The number of aryl methyl sites for hydroxylation is 1. The van der Waals surface area contributed by atoms with Gasteiger partial charge in [0.2, 0.25) is 15.9 Å². The number of carbonyl (C=O) groups is 1. The molecular formula is C20H25N3O3S. The van der Waals surface area contributed by atoms with Crippen LogP contribution in [0.1, 0.15) is 25.3 Å². The molecule has 0 saturated carbocycles. The Balaban J connectivity index is 1.65. The van der Waals surface area contributed by atoms with E-state index in [-0.39, 0.29) is 36.7 Å². The van der Waals surface area contributed by atoms with Gasteiger partial charge in [0, 0.05) is 18.8 Å². The number of nitrogens with two attached hydrogens (primary N) is 1. The molecule has 6 nitrogen and oxygen atoms in total. The highest BCUT2D eigenvalue weighted by Crippen LogP contribution is 2.26. The molecule has 0 aromatic heterocycles. The molecule has 1 saturated heterocycles. The van der Waals surface area contributed by atoms with Gasteiger partial charge in [-0.2, -0.15) is 4.31 Å². The number of hydrogen-bond donors (Lipinski definition) is 2. The van der Waals surface area contributed by atoms with Gasteiger partial charge >= 0.3 is 0 Å². The minimum Gasteiger partial charge on any atom is -0.324 e. The zero-order valence-electron chi connectivity index (χ0n) is 15.4. The molecule has 1 amide bonds. The van der Waals surface area contributed by atoms with Crippen LogP contribution in [0.3, 0.4) is 0 Å². The summed E-state index contributed by atoms with van der Waals surface area (Å²) in [5, 5.41) is 2.86. The van der Waals surface area contributed by atoms with Gasteiger partial charge in [-0.3, -0.25) is 4.79 Å². The van der Waals surface area contributed by atoms with Crippen LogP contribution in [0, 0.1) is 0 Å². The van der Waals surface area contributed by atoms with E-state index >= 15 is 0 Å². The molecule has 1 aliphatic heterocycles. The van der Waals surface area contributed by atoms with Crippen molar-refractivity contribution in [1.29, 1.82) is 0 Å². The Morgan fingerprint density at radius 3 is 2.22 bits per heavy atom. The number of nitrogens with zero attached hydrogens (tertiary/aromatic N) is 1. The largest absolute Gasteiger partial charge is 0.324 e. The fraction of sp³-hybridized carbons (Fsp3) is 0.350. The summed E-state index contributed by atoms with van der Waals surface area (Å²) in [7, 11) is -3.56. The molecule has 3 N–H and O–H groups in total. The maximum absolute atomic E-state index is 12.7. The number of rotatable bonds is 5. The van der Waals surface area contributed by atoms with Crippen LogP contribution >= 0.6 is 0 Å². The average Bonchev–Trinajstić information content (AvgIpc) is 2.69. The zero-order valence-corrected chi connectivity index (χ0v) is 16.2. The molecule has 7 heteroatoms. The van der Waals surface area contributed by atoms with Gasteiger partial charge in [0.25, 0.3) is 0 Å². The molecule has 3 rings (SSSR count). The number of sulfonamides is 1. The molecular weight excluding hydrogens is 362 g/mol. The lowest BCUT2D eigenvalue weighted by molar-refractivity contribution is -0.122. The van der Waals surface area contributed by atoms with Gasteiger partial charge in [0.15, 0.2) is 0 Å². The second kappa shape index (κ2) is 7.80. The Bertz CT molecular complexity index is 888. The van der Waals surface area contributed by atoms with E-state index in [1.807, 2.05) is 24.3 Å².